The van der Waals surface area contributed by atoms with E-state index in [1.54, 1.807) is 42.0 Å². The highest BCUT2D eigenvalue weighted by atomic mass is 16.5. The molecule has 0 spiro atoms. The van der Waals surface area contributed by atoms with Crippen molar-refractivity contribution in [1.29, 1.82) is 0 Å². The molecule has 3 aromatic rings. The van der Waals surface area contributed by atoms with Crippen molar-refractivity contribution in [1.82, 2.24) is 14.7 Å². The van der Waals surface area contributed by atoms with Gasteiger partial charge in [0.25, 0.3) is 5.91 Å². The molecule has 9 nitrogen and oxygen atoms in total. The lowest BCUT2D eigenvalue weighted by Gasteiger charge is -2.23. The molecule has 1 heterocycles. The third kappa shape index (κ3) is 7.52. The molecule has 2 aromatic carbocycles. The van der Waals surface area contributed by atoms with E-state index in [9.17, 15) is 9.59 Å². The Balaban J connectivity index is 1.88. The summed E-state index contributed by atoms with van der Waals surface area (Å²) in [5.74, 6) is 1.64. The number of unbranched alkanes of at least 4 members (excludes halogenated alkanes) is 2. The summed E-state index contributed by atoms with van der Waals surface area (Å²) in [5.41, 5.74) is 1.75. The van der Waals surface area contributed by atoms with E-state index >= 15 is 0 Å². The van der Waals surface area contributed by atoms with E-state index in [1.807, 2.05) is 30.3 Å². The molecule has 0 saturated carbocycles. The molecule has 0 aliphatic carbocycles. The number of amides is 2. The summed E-state index contributed by atoms with van der Waals surface area (Å²) in [7, 11) is 4.67. The van der Waals surface area contributed by atoms with Gasteiger partial charge in [-0.15, -0.1) is 0 Å². The molecule has 9 heteroatoms. The van der Waals surface area contributed by atoms with Gasteiger partial charge in [-0.1, -0.05) is 40.5 Å². The van der Waals surface area contributed by atoms with Crippen molar-refractivity contribution in [2.24, 2.45) is 0 Å². The number of nitrogens with zero attached hydrogens (tertiary/aromatic N) is 3. The molecular weight excluding hydrogens is 496 g/mol. The topological polar surface area (TPSA) is 94.9 Å². The van der Waals surface area contributed by atoms with Gasteiger partial charge in [-0.2, -0.15) is 5.10 Å². The molecular formula is C30H40N4O5. The summed E-state index contributed by atoms with van der Waals surface area (Å²) in [5, 5.41) is 7.76. The predicted octanol–water partition coefficient (Wildman–Crippen LogP) is 5.47. The first kappa shape index (κ1) is 29.5. The van der Waals surface area contributed by atoms with Gasteiger partial charge in [0.2, 0.25) is 5.91 Å². The fourth-order valence-electron chi connectivity index (χ4n) is 4.06. The summed E-state index contributed by atoms with van der Waals surface area (Å²) in [6.45, 7) is 8.62. The van der Waals surface area contributed by atoms with Crippen LogP contribution in [-0.4, -0.2) is 60.9 Å². The first-order valence-corrected chi connectivity index (χ1v) is 13.2. The van der Waals surface area contributed by atoms with Crippen molar-refractivity contribution in [2.75, 3.05) is 39.7 Å². The minimum atomic E-state index is -0.317. The third-order valence-electron chi connectivity index (χ3n) is 6.35. The second-order valence-electron chi connectivity index (χ2n) is 10.3. The number of anilines is 1. The quantitative estimate of drug-likeness (QED) is 0.309. The van der Waals surface area contributed by atoms with Gasteiger partial charge in [-0.25, -0.2) is 4.68 Å². The number of aromatic nitrogens is 2. The number of ether oxygens (including phenoxy) is 3. The van der Waals surface area contributed by atoms with Gasteiger partial charge in [-0.05, 0) is 42.8 Å². The minimum absolute atomic E-state index is 0.115. The molecule has 0 atom stereocenters. The number of hydrogen-bond donors (Lipinski definition) is 1. The minimum Gasteiger partial charge on any atom is -0.497 e. The van der Waals surface area contributed by atoms with Crippen LogP contribution in [0.25, 0.3) is 5.69 Å². The average molecular weight is 537 g/mol. The van der Waals surface area contributed by atoms with Crippen LogP contribution < -0.4 is 19.5 Å². The van der Waals surface area contributed by atoms with Crippen molar-refractivity contribution >= 4 is 17.6 Å². The van der Waals surface area contributed by atoms with Crippen molar-refractivity contribution in [2.45, 2.75) is 52.4 Å². The summed E-state index contributed by atoms with van der Waals surface area (Å²) in [6.07, 6.45) is 2.73. The maximum absolute atomic E-state index is 13.6. The van der Waals surface area contributed by atoms with Crippen LogP contribution in [-0.2, 0) is 10.2 Å². The number of methoxy groups -OCH3 is 3. The van der Waals surface area contributed by atoms with Crippen LogP contribution in [0.2, 0.25) is 0 Å². The number of rotatable bonds is 12. The van der Waals surface area contributed by atoms with Crippen molar-refractivity contribution in [3.05, 3.63) is 59.8 Å². The monoisotopic (exact) mass is 536 g/mol. The van der Waals surface area contributed by atoms with Gasteiger partial charge >= 0.3 is 0 Å². The Labute approximate surface area is 231 Å². The second-order valence-corrected chi connectivity index (χ2v) is 10.3. The summed E-state index contributed by atoms with van der Waals surface area (Å²) < 4.78 is 17.7. The molecule has 0 aliphatic heterocycles. The molecule has 39 heavy (non-hydrogen) atoms. The molecule has 0 saturated heterocycles. The zero-order valence-electron chi connectivity index (χ0n) is 24.0. The van der Waals surface area contributed by atoms with Gasteiger partial charge < -0.3 is 24.4 Å². The lowest BCUT2D eigenvalue weighted by atomic mass is 9.92. The van der Waals surface area contributed by atoms with Gasteiger partial charge in [0.1, 0.15) is 29.6 Å². The number of hydrogen-bond acceptors (Lipinski definition) is 6. The maximum atomic E-state index is 13.6. The van der Waals surface area contributed by atoms with E-state index in [1.165, 1.54) is 7.11 Å². The molecule has 1 aromatic heterocycles. The van der Waals surface area contributed by atoms with Gasteiger partial charge in [0.05, 0.1) is 38.3 Å². The fourth-order valence-corrected chi connectivity index (χ4v) is 4.06. The zero-order valence-corrected chi connectivity index (χ0v) is 24.0. The predicted molar refractivity (Wildman–Crippen MR) is 152 cm³/mol. The number of carbonyl (C=O) groups is 2. The SMILES string of the molecule is CCCCCN(CC(=O)Nc1cc(C(C)(C)C)nn1-c1ccc(OC)cc1)C(=O)c1ccc(OC)cc1OC. The fraction of sp³-hybridized carbons (Fsp3) is 0.433. The normalized spacial score (nSPS) is 11.2. The van der Waals surface area contributed by atoms with Crippen molar-refractivity contribution < 1.29 is 23.8 Å². The highest BCUT2D eigenvalue weighted by Gasteiger charge is 2.25. The molecule has 0 fully saturated rings. The van der Waals surface area contributed by atoms with E-state index in [2.05, 4.69) is 33.0 Å². The molecule has 0 aliphatic rings. The van der Waals surface area contributed by atoms with Crippen molar-refractivity contribution in [3.8, 4) is 22.9 Å². The van der Waals surface area contributed by atoms with Crippen LogP contribution in [0.15, 0.2) is 48.5 Å². The molecule has 0 bridgehead atoms. The van der Waals surface area contributed by atoms with E-state index in [0.29, 0.717) is 29.4 Å². The molecule has 2 amide bonds. The number of benzene rings is 2. The first-order chi connectivity index (χ1) is 18.6. The first-order valence-electron chi connectivity index (χ1n) is 13.2. The molecule has 1 N–H and O–H groups in total. The Morgan fingerprint density at radius 1 is 0.923 bits per heavy atom. The Morgan fingerprint density at radius 2 is 1.59 bits per heavy atom. The van der Waals surface area contributed by atoms with E-state index in [0.717, 1.165) is 36.4 Å². The maximum Gasteiger partial charge on any atom is 0.258 e. The van der Waals surface area contributed by atoms with Crippen LogP contribution in [0, 0.1) is 0 Å². The Hall–Kier alpha value is -4.01. The smallest absolute Gasteiger partial charge is 0.258 e. The number of nitrogens with one attached hydrogen (secondary N) is 1. The molecule has 3 rings (SSSR count). The third-order valence-corrected chi connectivity index (χ3v) is 6.35. The highest BCUT2D eigenvalue weighted by Crippen LogP contribution is 2.28. The Morgan fingerprint density at radius 3 is 2.18 bits per heavy atom. The number of carbonyl (C=O) groups excluding carboxylic acids is 2. The zero-order chi connectivity index (χ0) is 28.6. The lowest BCUT2D eigenvalue weighted by Crippen LogP contribution is -2.39. The lowest BCUT2D eigenvalue weighted by molar-refractivity contribution is -0.117. The van der Waals surface area contributed by atoms with E-state index in [4.69, 9.17) is 19.3 Å². The molecule has 210 valence electrons. The van der Waals surface area contributed by atoms with Crippen LogP contribution in [0.4, 0.5) is 5.82 Å². The Kier molecular flexibility index (Phi) is 9.98. The standard InChI is InChI=1S/C30H40N4O5/c1-8-9-10-17-33(29(36)24-16-15-23(38-6)18-25(24)39-7)20-28(35)31-27-19-26(30(2,3)4)32-34(27)21-11-13-22(37-5)14-12-21/h11-16,18-19H,8-10,17,20H2,1-7H3,(H,31,35). The van der Waals surface area contributed by atoms with E-state index < -0.39 is 0 Å². The van der Waals surface area contributed by atoms with Gasteiger partial charge in [0.15, 0.2) is 0 Å². The van der Waals surface area contributed by atoms with E-state index in [-0.39, 0.29) is 23.8 Å². The van der Waals surface area contributed by atoms with Crippen LogP contribution in [0.1, 0.15) is 63.0 Å². The second kappa shape index (κ2) is 13.2. The van der Waals surface area contributed by atoms with Crippen LogP contribution in [0.3, 0.4) is 0 Å². The average Bonchev–Trinajstić information content (AvgIpc) is 3.36. The van der Waals surface area contributed by atoms with Crippen LogP contribution >= 0.6 is 0 Å². The van der Waals surface area contributed by atoms with Crippen molar-refractivity contribution in [3.63, 3.8) is 0 Å². The molecule has 0 radical (unpaired) electrons. The molecule has 0 unspecified atom stereocenters. The van der Waals surface area contributed by atoms with Crippen LogP contribution in [0.5, 0.6) is 17.2 Å². The highest BCUT2D eigenvalue weighted by molar-refractivity contribution is 6.01. The largest absolute Gasteiger partial charge is 0.497 e. The summed E-state index contributed by atoms with van der Waals surface area (Å²) >= 11 is 0. The van der Waals surface area contributed by atoms with Gasteiger partial charge in [0, 0.05) is 24.1 Å². The Bertz CT molecular complexity index is 1260. The summed E-state index contributed by atoms with van der Waals surface area (Å²) in [4.78, 5) is 28.5. The van der Waals surface area contributed by atoms with Gasteiger partial charge in [-0.3, -0.25) is 9.59 Å². The summed E-state index contributed by atoms with van der Waals surface area (Å²) in [6, 6.07) is 14.4.